The van der Waals surface area contributed by atoms with Gasteiger partial charge in [-0.25, -0.2) is 13.1 Å². The second-order valence-corrected chi connectivity index (χ2v) is 6.26. The number of nitrogens with zero attached hydrogens (tertiary/aromatic N) is 1. The van der Waals surface area contributed by atoms with Crippen molar-refractivity contribution in [3.8, 4) is 0 Å². The maximum atomic E-state index is 11.6. The standard InChI is InChI=1S/C11H17N3O2S.2ClH/c1-12-17(15,16)8-10-6-14-7-11(10)9-2-4-13-5-3-9;;/h2-5,10-12,14H,6-8H2,1H3;2*1H. The monoisotopic (exact) mass is 327 g/mol. The van der Waals surface area contributed by atoms with Gasteiger partial charge in [0.25, 0.3) is 0 Å². The number of pyridine rings is 1. The Labute approximate surface area is 126 Å². The fourth-order valence-corrected chi connectivity index (χ4v) is 3.35. The molecule has 0 aliphatic carbocycles. The van der Waals surface area contributed by atoms with E-state index >= 15 is 0 Å². The molecule has 0 radical (unpaired) electrons. The third-order valence-electron chi connectivity index (χ3n) is 3.22. The van der Waals surface area contributed by atoms with Crippen molar-refractivity contribution in [1.82, 2.24) is 15.0 Å². The van der Waals surface area contributed by atoms with Crippen LogP contribution in [0.3, 0.4) is 0 Å². The van der Waals surface area contributed by atoms with E-state index in [1.165, 1.54) is 7.05 Å². The molecule has 1 aromatic rings. The summed E-state index contributed by atoms with van der Waals surface area (Å²) in [6.07, 6.45) is 3.49. The number of rotatable bonds is 4. The number of halogens is 2. The van der Waals surface area contributed by atoms with E-state index in [2.05, 4.69) is 15.0 Å². The lowest BCUT2D eigenvalue weighted by Crippen LogP contribution is -2.29. The first kappa shape index (κ1) is 18.6. The van der Waals surface area contributed by atoms with E-state index in [4.69, 9.17) is 0 Å². The molecule has 1 fully saturated rings. The average Bonchev–Trinajstić information content (AvgIpc) is 2.77. The number of sulfonamides is 1. The number of hydrogen-bond acceptors (Lipinski definition) is 4. The first-order valence-electron chi connectivity index (χ1n) is 5.64. The number of nitrogens with one attached hydrogen (secondary N) is 2. The Hall–Kier alpha value is -0.400. The van der Waals surface area contributed by atoms with Gasteiger partial charge in [0.05, 0.1) is 5.75 Å². The molecule has 5 nitrogen and oxygen atoms in total. The van der Waals surface area contributed by atoms with Crippen LogP contribution in [0.25, 0.3) is 0 Å². The molecule has 0 spiro atoms. The zero-order chi connectivity index (χ0) is 12.3. The van der Waals surface area contributed by atoms with Crippen molar-refractivity contribution in [2.24, 2.45) is 5.92 Å². The van der Waals surface area contributed by atoms with E-state index in [1.807, 2.05) is 12.1 Å². The highest BCUT2D eigenvalue weighted by molar-refractivity contribution is 7.89. The van der Waals surface area contributed by atoms with Gasteiger partial charge in [0.15, 0.2) is 0 Å². The van der Waals surface area contributed by atoms with Crippen LogP contribution >= 0.6 is 24.8 Å². The van der Waals surface area contributed by atoms with E-state index in [9.17, 15) is 8.42 Å². The van der Waals surface area contributed by atoms with Crippen LogP contribution in [0.1, 0.15) is 11.5 Å². The maximum Gasteiger partial charge on any atom is 0.211 e. The first-order chi connectivity index (χ1) is 8.12. The lowest BCUT2D eigenvalue weighted by Gasteiger charge is -2.18. The van der Waals surface area contributed by atoms with Crippen molar-refractivity contribution in [3.63, 3.8) is 0 Å². The molecule has 2 heterocycles. The van der Waals surface area contributed by atoms with Crippen molar-refractivity contribution in [3.05, 3.63) is 30.1 Å². The fourth-order valence-electron chi connectivity index (χ4n) is 2.27. The van der Waals surface area contributed by atoms with Crippen molar-refractivity contribution < 1.29 is 8.42 Å². The summed E-state index contributed by atoms with van der Waals surface area (Å²) in [5, 5.41) is 3.25. The normalized spacial score (nSPS) is 22.4. The molecule has 1 aliphatic heterocycles. The van der Waals surface area contributed by atoms with Gasteiger partial charge in [0, 0.05) is 24.9 Å². The third kappa shape index (κ3) is 4.89. The maximum absolute atomic E-state index is 11.6. The summed E-state index contributed by atoms with van der Waals surface area (Å²) < 4.78 is 25.5. The van der Waals surface area contributed by atoms with Crippen LogP contribution in [0.2, 0.25) is 0 Å². The Morgan fingerprint density at radius 1 is 1.32 bits per heavy atom. The Morgan fingerprint density at radius 3 is 2.53 bits per heavy atom. The minimum atomic E-state index is -3.15. The molecule has 2 N–H and O–H groups in total. The summed E-state index contributed by atoms with van der Waals surface area (Å²) in [6.45, 7) is 1.57. The lowest BCUT2D eigenvalue weighted by atomic mass is 9.91. The Kier molecular flexibility index (Phi) is 7.85. The van der Waals surface area contributed by atoms with Gasteiger partial charge < -0.3 is 5.32 Å². The molecular weight excluding hydrogens is 309 g/mol. The van der Waals surface area contributed by atoms with Gasteiger partial charge in [-0.1, -0.05) is 0 Å². The highest BCUT2D eigenvalue weighted by atomic mass is 35.5. The highest BCUT2D eigenvalue weighted by Crippen LogP contribution is 2.28. The van der Waals surface area contributed by atoms with Gasteiger partial charge in [-0.15, -0.1) is 24.8 Å². The highest BCUT2D eigenvalue weighted by Gasteiger charge is 2.31. The molecule has 110 valence electrons. The van der Waals surface area contributed by atoms with Crippen molar-refractivity contribution in [2.45, 2.75) is 5.92 Å². The van der Waals surface area contributed by atoms with Crippen molar-refractivity contribution in [1.29, 1.82) is 0 Å². The summed E-state index contributed by atoms with van der Waals surface area (Å²) in [5.41, 5.74) is 1.15. The average molecular weight is 328 g/mol. The predicted octanol–water partition coefficient (Wildman–Crippen LogP) is 0.777. The molecule has 0 amide bonds. The molecule has 0 aromatic carbocycles. The largest absolute Gasteiger partial charge is 0.316 e. The smallest absolute Gasteiger partial charge is 0.211 e. The molecule has 0 saturated carbocycles. The van der Waals surface area contributed by atoms with Gasteiger partial charge in [-0.2, -0.15) is 0 Å². The molecule has 2 atom stereocenters. The molecule has 1 saturated heterocycles. The third-order valence-corrected chi connectivity index (χ3v) is 4.71. The molecule has 19 heavy (non-hydrogen) atoms. The topological polar surface area (TPSA) is 71.1 Å². The Bertz CT molecular complexity index is 470. The quantitative estimate of drug-likeness (QED) is 0.857. The van der Waals surface area contributed by atoms with Gasteiger partial charge in [-0.05, 0) is 37.2 Å². The van der Waals surface area contributed by atoms with Crippen molar-refractivity contribution >= 4 is 34.8 Å². The lowest BCUT2D eigenvalue weighted by molar-refractivity contribution is 0.536. The first-order valence-corrected chi connectivity index (χ1v) is 7.29. The molecule has 2 unspecified atom stereocenters. The summed E-state index contributed by atoms with van der Waals surface area (Å²) in [4.78, 5) is 3.98. The number of hydrogen-bond donors (Lipinski definition) is 2. The zero-order valence-electron chi connectivity index (χ0n) is 10.6. The van der Waals surface area contributed by atoms with Crippen LogP contribution in [0.4, 0.5) is 0 Å². The minimum absolute atomic E-state index is 0. The van der Waals surface area contributed by atoms with Crippen LogP contribution in [-0.4, -0.2) is 39.3 Å². The summed E-state index contributed by atoms with van der Waals surface area (Å²) >= 11 is 0. The summed E-state index contributed by atoms with van der Waals surface area (Å²) in [6, 6.07) is 3.91. The Balaban J connectivity index is 0.00000162. The molecule has 1 aromatic heterocycles. The summed E-state index contributed by atoms with van der Waals surface area (Å²) in [7, 11) is -1.69. The molecular formula is C11H19Cl2N3O2S. The number of aromatic nitrogens is 1. The molecule has 1 aliphatic rings. The second kappa shape index (κ2) is 8.01. The van der Waals surface area contributed by atoms with Crippen LogP contribution < -0.4 is 10.0 Å². The van der Waals surface area contributed by atoms with Crippen LogP contribution in [-0.2, 0) is 10.0 Å². The van der Waals surface area contributed by atoms with Gasteiger partial charge in [-0.3, -0.25) is 4.98 Å². The predicted molar refractivity (Wildman–Crippen MR) is 80.7 cm³/mol. The van der Waals surface area contributed by atoms with E-state index in [0.29, 0.717) is 0 Å². The van der Waals surface area contributed by atoms with Crippen LogP contribution in [0.15, 0.2) is 24.5 Å². The molecule has 0 bridgehead atoms. The van der Waals surface area contributed by atoms with Crippen LogP contribution in [0.5, 0.6) is 0 Å². The van der Waals surface area contributed by atoms with Gasteiger partial charge in [0.1, 0.15) is 0 Å². The van der Waals surface area contributed by atoms with Crippen LogP contribution in [0, 0.1) is 5.92 Å². The zero-order valence-corrected chi connectivity index (χ0v) is 13.0. The van der Waals surface area contributed by atoms with Gasteiger partial charge >= 0.3 is 0 Å². The SMILES string of the molecule is CNS(=O)(=O)CC1CNCC1c1ccncc1.Cl.Cl. The van der Waals surface area contributed by atoms with Gasteiger partial charge in [0.2, 0.25) is 10.0 Å². The van der Waals surface area contributed by atoms with E-state index < -0.39 is 10.0 Å². The minimum Gasteiger partial charge on any atom is -0.316 e. The Morgan fingerprint density at radius 2 is 1.95 bits per heavy atom. The molecule has 8 heteroatoms. The van der Waals surface area contributed by atoms with E-state index in [-0.39, 0.29) is 42.4 Å². The fraction of sp³-hybridized carbons (Fsp3) is 0.545. The van der Waals surface area contributed by atoms with E-state index in [1.54, 1.807) is 12.4 Å². The molecule has 2 rings (SSSR count). The van der Waals surface area contributed by atoms with Crippen molar-refractivity contribution in [2.75, 3.05) is 25.9 Å². The second-order valence-electron chi connectivity index (χ2n) is 4.29. The summed E-state index contributed by atoms with van der Waals surface area (Å²) in [5.74, 6) is 0.541. The van der Waals surface area contributed by atoms with E-state index in [0.717, 1.165) is 18.7 Å².